The standard InChI is InChI=1S/C24H52N.C17H26N4O7/c1-5-9-13-17-21-25(22-18-14-10-6-2,23-19-15-11-7-3)24-20-16-12-8-4;1-5-19(6-2)17(24)13(7-10(3)4)18-16(23)12-8-11(20(25)26)9-14(15(12)22)21(27)28/h5-24H2,1-4H3;8-10,13,15,18,22-23H,5-7H2,1-4H3/q+1;/p-1/b;16-12-/t;13-,15?/m.1/s1. The van der Waals surface area contributed by atoms with Crippen LogP contribution in [-0.4, -0.2) is 81.7 Å². The quantitative estimate of drug-likeness (QED) is 0.0254. The van der Waals surface area contributed by atoms with E-state index in [4.69, 9.17) is 0 Å². The van der Waals surface area contributed by atoms with Crippen LogP contribution in [0.3, 0.4) is 0 Å². The van der Waals surface area contributed by atoms with E-state index in [9.17, 15) is 35.2 Å². The van der Waals surface area contributed by atoms with Crippen molar-refractivity contribution in [2.24, 2.45) is 5.92 Å². The molecule has 0 aliphatic heterocycles. The summed E-state index contributed by atoms with van der Waals surface area (Å²) in [7, 11) is 0. The Bertz CT molecular complexity index is 1080. The Morgan fingerprint density at radius 3 is 1.47 bits per heavy atom. The van der Waals surface area contributed by atoms with Crippen LogP contribution in [0.1, 0.15) is 165 Å². The van der Waals surface area contributed by atoms with Gasteiger partial charge in [0, 0.05) is 24.7 Å². The topological polar surface area (TPSA) is 162 Å². The van der Waals surface area contributed by atoms with E-state index in [0.717, 1.165) is 6.08 Å². The Kier molecular flexibility index (Phi) is 27.7. The zero-order chi connectivity index (χ0) is 40.2. The average Bonchev–Trinajstić information content (AvgIpc) is 3.12. The monoisotopic (exact) mass is 752 g/mol. The maximum atomic E-state index is 12.7. The molecule has 0 aromatic heterocycles. The van der Waals surface area contributed by atoms with Gasteiger partial charge >= 0.3 is 0 Å². The number of aliphatic hydroxyl groups is 1. The first kappa shape index (κ1) is 50.0. The molecule has 0 aromatic carbocycles. The van der Waals surface area contributed by atoms with Gasteiger partial charge < -0.3 is 24.9 Å². The fourth-order valence-corrected chi connectivity index (χ4v) is 6.97. The number of likely N-dealkylation sites (N-methyl/N-ethyl adjacent to an activating group) is 1. The summed E-state index contributed by atoms with van der Waals surface area (Å²) < 4.78 is 1.46. The minimum absolute atomic E-state index is 0.0465. The molecular weight excluding hydrogens is 674 g/mol. The molecule has 2 N–H and O–H groups in total. The van der Waals surface area contributed by atoms with E-state index in [0.29, 0.717) is 25.6 Å². The van der Waals surface area contributed by atoms with Crippen molar-refractivity contribution in [3.8, 4) is 0 Å². The Balaban J connectivity index is 0.00000103. The van der Waals surface area contributed by atoms with Crippen molar-refractivity contribution in [2.45, 2.75) is 177 Å². The highest BCUT2D eigenvalue weighted by molar-refractivity contribution is 5.82. The number of nitrogens with zero attached hydrogens (tertiary/aromatic N) is 4. The molecule has 1 rings (SSSR count). The molecule has 1 amide bonds. The summed E-state index contributed by atoms with van der Waals surface area (Å²) in [6, 6.07) is -0.926. The van der Waals surface area contributed by atoms with E-state index in [1.807, 2.05) is 13.8 Å². The molecule has 1 aliphatic rings. The van der Waals surface area contributed by atoms with Gasteiger partial charge in [-0.25, -0.2) is 0 Å². The summed E-state index contributed by atoms with van der Waals surface area (Å²) in [5, 5.41) is 47.3. The average molecular weight is 752 g/mol. The highest BCUT2D eigenvalue weighted by Crippen LogP contribution is 2.25. The molecule has 0 aromatic rings. The Morgan fingerprint density at radius 2 is 1.15 bits per heavy atom. The fourth-order valence-electron chi connectivity index (χ4n) is 6.97. The molecule has 12 heteroatoms. The van der Waals surface area contributed by atoms with Crippen molar-refractivity contribution in [1.29, 1.82) is 0 Å². The lowest BCUT2D eigenvalue weighted by Gasteiger charge is -2.39. The van der Waals surface area contributed by atoms with E-state index < -0.39 is 44.8 Å². The number of carbonyl (C=O) groups is 1. The molecule has 0 radical (unpaired) electrons. The molecule has 308 valence electrons. The summed E-state index contributed by atoms with van der Waals surface area (Å²) in [5.74, 6) is -1.25. The Hall–Kier alpha value is -2.99. The number of nitrogens with one attached hydrogen (secondary N) is 1. The van der Waals surface area contributed by atoms with Crippen molar-refractivity contribution in [3.63, 3.8) is 0 Å². The van der Waals surface area contributed by atoms with Crippen LogP contribution in [0, 0.1) is 26.1 Å². The fraction of sp³-hybridized carbons (Fsp3) is 0.829. The van der Waals surface area contributed by atoms with Crippen LogP contribution in [0.5, 0.6) is 0 Å². The maximum Gasteiger partial charge on any atom is 0.285 e. The second-order valence-corrected chi connectivity index (χ2v) is 15.2. The number of unbranched alkanes of at least 4 members (excludes halogenated alkanes) is 12. The SMILES string of the molecule is CCCCCC[N+](CCCCCC)(CCCCCC)CCCCCC.CCN(CC)C(=O)[C@@H](CC(C)C)N/C([O-])=C1\C=C([N+](=O)[O-])C=C([N+](=O)[O-])C1O. The summed E-state index contributed by atoms with van der Waals surface area (Å²) in [5.41, 5.74) is -2.13. The highest BCUT2D eigenvalue weighted by Gasteiger charge is 2.34. The van der Waals surface area contributed by atoms with Crippen molar-refractivity contribution >= 4 is 5.91 Å². The molecule has 0 fully saturated rings. The van der Waals surface area contributed by atoms with Gasteiger partial charge in [0.15, 0.2) is 6.10 Å². The number of quaternary nitrogens is 1. The van der Waals surface area contributed by atoms with E-state index in [1.54, 1.807) is 13.8 Å². The molecule has 0 bridgehead atoms. The number of aliphatic hydroxyl groups excluding tert-OH is 1. The predicted octanol–water partition coefficient (Wildman–Crippen LogP) is 8.25. The van der Waals surface area contributed by atoms with Crippen LogP contribution in [0.4, 0.5) is 0 Å². The van der Waals surface area contributed by atoms with Gasteiger partial charge in [0.1, 0.15) is 6.04 Å². The Labute approximate surface area is 322 Å². The van der Waals surface area contributed by atoms with Crippen molar-refractivity contribution in [2.75, 3.05) is 39.3 Å². The van der Waals surface area contributed by atoms with E-state index >= 15 is 0 Å². The lowest BCUT2D eigenvalue weighted by molar-refractivity contribution is -0.929. The van der Waals surface area contributed by atoms with Gasteiger partial charge in [-0.2, -0.15) is 0 Å². The van der Waals surface area contributed by atoms with Crippen molar-refractivity contribution in [1.82, 2.24) is 10.2 Å². The molecule has 1 aliphatic carbocycles. The number of nitro groups is 2. The molecule has 0 saturated carbocycles. The Morgan fingerprint density at radius 1 is 0.736 bits per heavy atom. The third-order valence-corrected chi connectivity index (χ3v) is 10.2. The van der Waals surface area contributed by atoms with Gasteiger partial charge in [0.25, 0.3) is 11.4 Å². The van der Waals surface area contributed by atoms with E-state index in [2.05, 4.69) is 33.0 Å². The third kappa shape index (κ3) is 20.3. The molecule has 53 heavy (non-hydrogen) atoms. The van der Waals surface area contributed by atoms with Crippen molar-refractivity contribution in [3.05, 3.63) is 55.2 Å². The van der Waals surface area contributed by atoms with Crippen molar-refractivity contribution < 1.29 is 29.3 Å². The molecule has 0 heterocycles. The van der Waals surface area contributed by atoms with E-state index in [1.165, 1.54) is 138 Å². The third-order valence-electron chi connectivity index (χ3n) is 10.2. The smallest absolute Gasteiger partial charge is 0.285 e. The van der Waals surface area contributed by atoms with Crippen LogP contribution in [0.25, 0.3) is 0 Å². The summed E-state index contributed by atoms with van der Waals surface area (Å²) >= 11 is 0. The largest absolute Gasteiger partial charge is 0.860 e. The number of hydrogen-bond acceptors (Lipinski definition) is 8. The summed E-state index contributed by atoms with van der Waals surface area (Å²) in [4.78, 5) is 34.4. The first-order valence-corrected chi connectivity index (χ1v) is 21.0. The molecule has 0 saturated heterocycles. The van der Waals surface area contributed by atoms with Crippen LogP contribution < -0.4 is 10.4 Å². The first-order chi connectivity index (χ1) is 25.3. The maximum absolute atomic E-state index is 12.7. The zero-order valence-corrected chi connectivity index (χ0v) is 34.8. The lowest BCUT2D eigenvalue weighted by Crippen LogP contribution is -2.50. The van der Waals surface area contributed by atoms with E-state index in [-0.39, 0.29) is 11.8 Å². The van der Waals surface area contributed by atoms with Gasteiger partial charge in [0.05, 0.1) is 42.1 Å². The second-order valence-electron chi connectivity index (χ2n) is 15.2. The van der Waals surface area contributed by atoms with Crippen LogP contribution in [-0.2, 0) is 4.79 Å². The summed E-state index contributed by atoms with van der Waals surface area (Å²) in [6.07, 6.45) is 22.6. The van der Waals surface area contributed by atoms with Gasteiger partial charge in [-0.3, -0.25) is 25.0 Å². The van der Waals surface area contributed by atoms with Gasteiger partial charge in [-0.15, -0.1) is 0 Å². The minimum atomic E-state index is -1.94. The number of hydrogen-bond donors (Lipinski definition) is 2. The second kappa shape index (κ2) is 29.4. The van der Waals surface area contributed by atoms with Gasteiger partial charge in [-0.1, -0.05) is 92.9 Å². The van der Waals surface area contributed by atoms with Crippen LogP contribution >= 0.6 is 0 Å². The number of carbonyl (C=O) groups excluding carboxylic acids is 1. The van der Waals surface area contributed by atoms with Crippen LogP contribution in [0.15, 0.2) is 35.0 Å². The molecular formula is C41H77N5O7. The molecule has 0 spiro atoms. The lowest BCUT2D eigenvalue weighted by atomic mass is 9.98. The van der Waals surface area contributed by atoms with Crippen LogP contribution in [0.2, 0.25) is 0 Å². The molecule has 1 unspecified atom stereocenters. The van der Waals surface area contributed by atoms with Gasteiger partial charge in [-0.05, 0) is 83.4 Å². The molecule has 2 atom stereocenters. The predicted molar refractivity (Wildman–Crippen MR) is 214 cm³/mol. The molecule has 12 nitrogen and oxygen atoms in total. The number of allylic oxidation sites excluding steroid dienone is 1. The zero-order valence-electron chi connectivity index (χ0n) is 34.8. The highest BCUT2D eigenvalue weighted by atomic mass is 16.6. The summed E-state index contributed by atoms with van der Waals surface area (Å²) in [6.45, 7) is 23.3. The minimum Gasteiger partial charge on any atom is -0.860 e. The number of amides is 1. The number of rotatable bonds is 29. The van der Waals surface area contributed by atoms with Gasteiger partial charge in [0.2, 0.25) is 5.91 Å². The first-order valence-electron chi connectivity index (χ1n) is 21.0. The normalized spacial score (nSPS) is 15.9.